The van der Waals surface area contributed by atoms with E-state index in [-0.39, 0.29) is 34.1 Å². The van der Waals surface area contributed by atoms with Gasteiger partial charge in [0.1, 0.15) is 0 Å². The van der Waals surface area contributed by atoms with Crippen LogP contribution in [0, 0.1) is 0 Å². The Morgan fingerprint density at radius 2 is 0.389 bits per heavy atom. The molecule has 0 unspecified atom stereocenters. The number of hydrogen-bond acceptors (Lipinski definition) is 14. The number of aliphatic imine (C=N–C) groups is 4. The Hall–Kier alpha value is -13.5. The summed E-state index contributed by atoms with van der Waals surface area (Å²) in [6.45, 7) is 0. The quantitative estimate of drug-likeness (QED) is 0.0515. The third-order valence-electron chi connectivity index (χ3n) is 15.9. The fourth-order valence-electron chi connectivity index (χ4n) is 11.2. The minimum atomic E-state index is -0.919. The summed E-state index contributed by atoms with van der Waals surface area (Å²) in [5.74, 6) is 0. The first-order valence-electron chi connectivity index (χ1n) is 29.6. The highest BCUT2D eigenvalue weighted by atomic mass is 16.2. The second-order valence-corrected chi connectivity index (χ2v) is 22.1. The molecular weight excluding hydrogens is 1200 g/mol. The summed E-state index contributed by atoms with van der Waals surface area (Å²) >= 11 is 0. The van der Waals surface area contributed by atoms with E-state index in [2.05, 4.69) is 20.0 Å². The van der Waals surface area contributed by atoms with E-state index >= 15 is 0 Å². The molecule has 95 heavy (non-hydrogen) atoms. The molecular formula is C75H50N10O10. The van der Waals surface area contributed by atoms with E-state index in [1.165, 1.54) is 18.2 Å². The van der Waals surface area contributed by atoms with Crippen molar-refractivity contribution in [2.24, 2.45) is 20.0 Å². The van der Waals surface area contributed by atoms with Crippen molar-refractivity contribution in [3.63, 3.8) is 0 Å². The molecule has 0 atom stereocenters. The van der Waals surface area contributed by atoms with Crippen LogP contribution in [0.15, 0.2) is 291 Å². The number of rotatable bonds is 20. The molecule has 2 heterocycles. The lowest BCUT2D eigenvalue weighted by Gasteiger charge is -2.16. The van der Waals surface area contributed by atoms with Gasteiger partial charge in [0, 0.05) is 0 Å². The van der Waals surface area contributed by atoms with Gasteiger partial charge >= 0.3 is 34.1 Å². The molecule has 0 radical (unpaired) electrons. The summed E-state index contributed by atoms with van der Waals surface area (Å²) in [4.78, 5) is 146. The van der Waals surface area contributed by atoms with Gasteiger partial charge in [0.15, 0.2) is 0 Å². The molecule has 0 aliphatic carbocycles. The molecule has 2 aromatic heterocycles. The molecule has 0 spiro atoms. The molecule has 0 aliphatic heterocycles. The zero-order chi connectivity index (χ0) is 66.0. The van der Waals surface area contributed by atoms with Crippen LogP contribution >= 0.6 is 0 Å². The van der Waals surface area contributed by atoms with Gasteiger partial charge in [-0.25, -0.2) is 75.3 Å². The smallest absolute Gasteiger partial charge is 0.246 e. The topological polar surface area (TPSA) is 250 Å². The Kier molecular flexibility index (Phi) is 18.0. The van der Waals surface area contributed by atoms with Crippen molar-refractivity contribution >= 4 is 47.1 Å². The monoisotopic (exact) mass is 1250 g/mol. The molecule has 0 N–H and O–H groups in total. The minimum Gasteiger partial charge on any atom is -0.246 e. The fraction of sp³-hybridized carbons (Fsp3) is 0.0667. The van der Waals surface area contributed by atoms with Gasteiger partial charge in [-0.15, -0.1) is 0 Å². The highest BCUT2D eigenvalue weighted by Gasteiger charge is 2.22. The largest absolute Gasteiger partial charge is 0.345 e. The van der Waals surface area contributed by atoms with Crippen molar-refractivity contribution < 1.29 is 19.2 Å². The number of isocyanates is 4. The van der Waals surface area contributed by atoms with E-state index in [9.17, 15) is 47.9 Å². The lowest BCUT2D eigenvalue weighted by Crippen LogP contribution is -2.52. The third-order valence-corrected chi connectivity index (χ3v) is 15.9. The Labute approximate surface area is 538 Å². The number of benzene rings is 10. The highest BCUT2D eigenvalue weighted by molar-refractivity contribution is 5.54. The Bertz CT molecular complexity index is 5330. The maximum absolute atomic E-state index is 14.7. The molecule has 12 aromatic rings. The zero-order valence-corrected chi connectivity index (χ0v) is 50.2. The van der Waals surface area contributed by atoms with Gasteiger partial charge in [-0.1, -0.05) is 121 Å². The number of hydrogen-bond donors (Lipinski definition) is 0. The van der Waals surface area contributed by atoms with E-state index in [1.807, 2.05) is 42.5 Å². The van der Waals surface area contributed by atoms with Crippen LogP contribution in [0.5, 0.6) is 0 Å². The normalized spacial score (nSPS) is 10.8. The Morgan fingerprint density at radius 3 is 0.589 bits per heavy atom. The zero-order valence-electron chi connectivity index (χ0n) is 50.2. The average molecular weight is 1250 g/mol. The number of aromatic nitrogens is 6. The summed E-state index contributed by atoms with van der Waals surface area (Å²) < 4.78 is 5.62. The molecule has 0 saturated heterocycles. The van der Waals surface area contributed by atoms with Gasteiger partial charge in [-0.3, -0.25) is 0 Å². The molecule has 460 valence electrons. The molecule has 0 amide bonds. The SMILES string of the molecule is O=C=Nc1ccc(Cc2ccc(-n3c(=O)n(-c4ccc(Cc5ccc(N=C=O)cc5)cc4)c(=O)n(-c4ccc(Cc5ccc(-n6c(=O)n(-c7ccc(Cc8ccc(N=C=O)cc8)cc7)c(=O)n(-c7ccc(Cc8cccc(N=C=O)c8)cc7)c6=O)cc5)cc4)c3=O)cc2)cc1. The fourth-order valence-corrected chi connectivity index (χ4v) is 11.2. The van der Waals surface area contributed by atoms with Crippen molar-refractivity contribution in [3.05, 3.63) is 361 Å². The molecule has 20 heteroatoms. The van der Waals surface area contributed by atoms with Crippen molar-refractivity contribution in [3.8, 4) is 34.1 Å². The minimum absolute atomic E-state index is 0.166. The van der Waals surface area contributed by atoms with E-state index < -0.39 is 34.1 Å². The first kappa shape index (κ1) is 61.8. The summed E-state index contributed by atoms with van der Waals surface area (Å²) in [7, 11) is 0. The third kappa shape index (κ3) is 13.7. The van der Waals surface area contributed by atoms with Crippen LogP contribution in [-0.2, 0) is 51.3 Å². The molecule has 0 fully saturated rings. The Morgan fingerprint density at radius 1 is 0.211 bits per heavy atom. The maximum Gasteiger partial charge on any atom is 0.345 e. The van der Waals surface area contributed by atoms with Crippen LogP contribution in [0.2, 0.25) is 0 Å². The second-order valence-electron chi connectivity index (χ2n) is 22.1. The van der Waals surface area contributed by atoms with Crippen LogP contribution in [0.3, 0.4) is 0 Å². The summed E-state index contributed by atoms with van der Waals surface area (Å²) in [6.07, 6.45) is 8.33. The van der Waals surface area contributed by atoms with E-state index in [0.717, 1.165) is 83.0 Å². The molecule has 0 saturated carbocycles. The van der Waals surface area contributed by atoms with Gasteiger partial charge in [0.05, 0.1) is 56.9 Å². The van der Waals surface area contributed by atoms with E-state index in [4.69, 9.17) is 0 Å². The number of carbonyl (C=O) groups excluding carboxylic acids is 4. The summed E-state index contributed by atoms with van der Waals surface area (Å²) in [6, 6.07) is 68.8. The van der Waals surface area contributed by atoms with Crippen molar-refractivity contribution in [1.29, 1.82) is 0 Å². The lowest BCUT2D eigenvalue weighted by molar-refractivity contribution is 0.564. The van der Waals surface area contributed by atoms with Gasteiger partial charge in [0.25, 0.3) is 0 Å². The number of nitrogens with zero attached hydrogens (tertiary/aromatic N) is 10. The van der Waals surface area contributed by atoms with Gasteiger partial charge in [-0.05, 0) is 209 Å². The molecule has 10 aromatic carbocycles. The standard InChI is InChI=1S/C75H50N10O10/c86-46-76-60-22-4-50(5-23-60)40-53-10-28-64(29-11-53)80-70(90)81(65-30-12-54(13-31-65)41-51-6-24-61(25-7-51)77-47-87)72(92)83(71(80)91)67-34-16-56(17-35-67)43-57-18-36-68(37-19-57)84-73(93)82(66-32-14-55(15-33-66)42-52-8-26-62(27-9-52)78-48-88)74(94)85(75(84)95)69-38-20-58(21-39-69)44-59-2-1-3-63(45-59)79-49-89/h1-39,45H,40-44H2. The van der Waals surface area contributed by atoms with Crippen molar-refractivity contribution in [1.82, 2.24) is 27.4 Å². The van der Waals surface area contributed by atoms with Crippen molar-refractivity contribution in [2.75, 3.05) is 0 Å². The van der Waals surface area contributed by atoms with Crippen molar-refractivity contribution in [2.45, 2.75) is 32.1 Å². The average Bonchev–Trinajstić information content (AvgIpc) is 0.765. The van der Waals surface area contributed by atoms with Gasteiger partial charge < -0.3 is 0 Å². The predicted molar refractivity (Wildman–Crippen MR) is 357 cm³/mol. The predicted octanol–water partition coefficient (Wildman–Crippen LogP) is 10.4. The lowest BCUT2D eigenvalue weighted by atomic mass is 10.0. The molecule has 12 rings (SSSR count). The molecule has 20 nitrogen and oxygen atoms in total. The van der Waals surface area contributed by atoms with Gasteiger partial charge in [0.2, 0.25) is 24.3 Å². The van der Waals surface area contributed by atoms with Crippen LogP contribution in [0.25, 0.3) is 34.1 Å². The molecule has 0 aliphatic rings. The van der Waals surface area contributed by atoms with E-state index in [0.29, 0.717) is 54.9 Å². The second kappa shape index (κ2) is 27.7. The Balaban J connectivity index is 0.857. The first-order chi connectivity index (χ1) is 46.3. The summed E-state index contributed by atoms with van der Waals surface area (Å²) in [5.41, 5.74) is 5.98. The van der Waals surface area contributed by atoms with Crippen LogP contribution < -0.4 is 34.1 Å². The van der Waals surface area contributed by atoms with Crippen LogP contribution in [-0.4, -0.2) is 51.7 Å². The molecule has 0 bridgehead atoms. The summed E-state index contributed by atoms with van der Waals surface area (Å²) in [5, 5.41) is 0. The van der Waals surface area contributed by atoms with Gasteiger partial charge in [-0.2, -0.15) is 20.0 Å². The van der Waals surface area contributed by atoms with Crippen LogP contribution in [0.4, 0.5) is 22.7 Å². The van der Waals surface area contributed by atoms with Crippen LogP contribution in [0.1, 0.15) is 55.6 Å². The maximum atomic E-state index is 14.7. The highest BCUT2D eigenvalue weighted by Crippen LogP contribution is 2.23. The first-order valence-corrected chi connectivity index (χ1v) is 29.6. The van der Waals surface area contributed by atoms with E-state index in [1.54, 1.807) is 206 Å².